The fraction of sp³-hybridized carbons (Fsp3) is 0.462. The first-order chi connectivity index (χ1) is 8.13. The van der Waals surface area contributed by atoms with E-state index in [2.05, 4.69) is 6.92 Å². The van der Waals surface area contributed by atoms with Crippen LogP contribution in [0.4, 0.5) is 0 Å². The summed E-state index contributed by atoms with van der Waals surface area (Å²) in [6.07, 6.45) is 2.47. The molecule has 0 fully saturated rings. The van der Waals surface area contributed by atoms with Crippen molar-refractivity contribution in [1.82, 2.24) is 0 Å². The fourth-order valence-corrected chi connectivity index (χ4v) is 1.40. The highest BCUT2D eigenvalue weighted by Gasteiger charge is 2.11. The van der Waals surface area contributed by atoms with Crippen LogP contribution in [0.1, 0.15) is 25.3 Å². The molecule has 94 valence electrons. The minimum absolute atomic E-state index is 0.338. The maximum Gasteiger partial charge on any atom is 0.320 e. The molecule has 0 aromatic heterocycles. The maximum absolute atomic E-state index is 10.6. The van der Waals surface area contributed by atoms with Crippen LogP contribution < -0.4 is 10.5 Å². The zero-order valence-electron chi connectivity index (χ0n) is 10.1. The van der Waals surface area contributed by atoms with Crippen molar-refractivity contribution >= 4 is 5.97 Å². The first-order valence-electron chi connectivity index (χ1n) is 5.83. The smallest absolute Gasteiger partial charge is 0.320 e. The number of nitrogens with two attached hydrogens (primary N) is 1. The van der Waals surface area contributed by atoms with Gasteiger partial charge in [-0.1, -0.05) is 25.5 Å². The Labute approximate surface area is 101 Å². The van der Waals surface area contributed by atoms with E-state index in [1.54, 1.807) is 0 Å². The second kappa shape index (κ2) is 6.91. The molecule has 3 N–H and O–H groups in total. The predicted molar refractivity (Wildman–Crippen MR) is 66.2 cm³/mol. The Morgan fingerprint density at radius 2 is 2.06 bits per heavy atom. The molecule has 0 radical (unpaired) electrons. The third kappa shape index (κ3) is 4.87. The van der Waals surface area contributed by atoms with Crippen molar-refractivity contribution in [3.8, 4) is 5.75 Å². The fourth-order valence-electron chi connectivity index (χ4n) is 1.40. The van der Waals surface area contributed by atoms with Crippen LogP contribution in [0.2, 0.25) is 0 Å². The highest BCUT2D eigenvalue weighted by molar-refractivity contribution is 5.73. The molecule has 1 atom stereocenters. The SMILES string of the molecule is CCCCOc1ccc(C[C@H](N)C(=O)O)cc1. The van der Waals surface area contributed by atoms with Gasteiger partial charge in [-0.3, -0.25) is 4.79 Å². The number of hydrogen-bond acceptors (Lipinski definition) is 3. The van der Waals surface area contributed by atoms with Gasteiger partial charge in [-0.2, -0.15) is 0 Å². The minimum Gasteiger partial charge on any atom is -0.494 e. The number of benzene rings is 1. The van der Waals surface area contributed by atoms with Crippen molar-refractivity contribution in [3.63, 3.8) is 0 Å². The number of aliphatic carboxylic acids is 1. The molecule has 0 heterocycles. The van der Waals surface area contributed by atoms with E-state index >= 15 is 0 Å². The average Bonchev–Trinajstić information content (AvgIpc) is 2.31. The summed E-state index contributed by atoms with van der Waals surface area (Å²) in [6.45, 7) is 2.82. The Morgan fingerprint density at radius 3 is 2.59 bits per heavy atom. The summed E-state index contributed by atoms with van der Waals surface area (Å²) in [5.74, 6) is -0.167. The van der Waals surface area contributed by atoms with Crippen molar-refractivity contribution in [3.05, 3.63) is 29.8 Å². The maximum atomic E-state index is 10.6. The molecule has 0 saturated heterocycles. The second-order valence-corrected chi connectivity index (χ2v) is 3.99. The van der Waals surface area contributed by atoms with Crippen molar-refractivity contribution in [2.75, 3.05) is 6.61 Å². The van der Waals surface area contributed by atoms with Crippen LogP contribution in [0, 0.1) is 0 Å². The van der Waals surface area contributed by atoms with Crippen LogP contribution in [0.5, 0.6) is 5.75 Å². The molecule has 0 aliphatic heterocycles. The monoisotopic (exact) mass is 237 g/mol. The van der Waals surface area contributed by atoms with E-state index < -0.39 is 12.0 Å². The zero-order valence-corrected chi connectivity index (χ0v) is 10.1. The highest BCUT2D eigenvalue weighted by atomic mass is 16.5. The molecule has 0 spiro atoms. The lowest BCUT2D eigenvalue weighted by atomic mass is 10.1. The minimum atomic E-state index is -0.978. The number of carbonyl (C=O) groups is 1. The summed E-state index contributed by atoms with van der Waals surface area (Å²) in [6, 6.07) is 6.55. The van der Waals surface area contributed by atoms with Crippen LogP contribution in [0.3, 0.4) is 0 Å². The Morgan fingerprint density at radius 1 is 1.41 bits per heavy atom. The van der Waals surface area contributed by atoms with E-state index in [4.69, 9.17) is 15.6 Å². The van der Waals surface area contributed by atoms with E-state index in [1.807, 2.05) is 24.3 Å². The van der Waals surface area contributed by atoms with Gasteiger partial charge in [0.1, 0.15) is 11.8 Å². The predicted octanol–water partition coefficient (Wildman–Crippen LogP) is 1.82. The number of carboxylic acid groups (broad SMARTS) is 1. The van der Waals surface area contributed by atoms with Crippen LogP contribution in [-0.2, 0) is 11.2 Å². The molecular weight excluding hydrogens is 218 g/mol. The molecule has 1 aromatic rings. The standard InChI is InChI=1S/C13H19NO3/c1-2-3-8-17-11-6-4-10(5-7-11)9-12(14)13(15)16/h4-7,12H,2-3,8-9,14H2,1H3,(H,15,16)/t12-/m0/s1. The summed E-state index contributed by atoms with van der Waals surface area (Å²) in [4.78, 5) is 10.6. The van der Waals surface area contributed by atoms with Crippen LogP contribution >= 0.6 is 0 Å². The van der Waals surface area contributed by atoms with Crippen molar-refractivity contribution < 1.29 is 14.6 Å². The molecule has 4 heteroatoms. The Kier molecular flexibility index (Phi) is 5.49. The van der Waals surface area contributed by atoms with Crippen LogP contribution in [0.25, 0.3) is 0 Å². The van der Waals surface area contributed by atoms with Gasteiger partial charge in [0.2, 0.25) is 0 Å². The van der Waals surface area contributed by atoms with Crippen LogP contribution in [-0.4, -0.2) is 23.7 Å². The number of hydrogen-bond donors (Lipinski definition) is 2. The summed E-state index contributed by atoms with van der Waals surface area (Å²) in [5.41, 5.74) is 6.36. The molecule has 0 aliphatic rings. The van der Waals surface area contributed by atoms with Crippen molar-refractivity contribution in [1.29, 1.82) is 0 Å². The quantitative estimate of drug-likeness (QED) is 0.709. The Balaban J connectivity index is 2.47. The number of ether oxygens (including phenoxy) is 1. The number of rotatable bonds is 7. The molecule has 0 aliphatic carbocycles. The van der Waals surface area contributed by atoms with Crippen molar-refractivity contribution in [2.45, 2.75) is 32.2 Å². The summed E-state index contributed by atoms with van der Waals surface area (Å²) in [7, 11) is 0. The molecule has 1 aromatic carbocycles. The van der Waals surface area contributed by atoms with E-state index in [1.165, 1.54) is 0 Å². The van der Waals surface area contributed by atoms with E-state index in [0.717, 1.165) is 24.2 Å². The first kappa shape index (κ1) is 13.5. The lowest BCUT2D eigenvalue weighted by Crippen LogP contribution is -2.32. The summed E-state index contributed by atoms with van der Waals surface area (Å²) < 4.78 is 5.51. The summed E-state index contributed by atoms with van der Waals surface area (Å²) >= 11 is 0. The van der Waals surface area contributed by atoms with Gasteiger partial charge >= 0.3 is 5.97 Å². The topological polar surface area (TPSA) is 72.5 Å². The number of unbranched alkanes of at least 4 members (excludes halogenated alkanes) is 1. The Hall–Kier alpha value is -1.55. The lowest BCUT2D eigenvalue weighted by molar-refractivity contribution is -0.138. The van der Waals surface area contributed by atoms with E-state index in [-0.39, 0.29) is 0 Å². The average molecular weight is 237 g/mol. The first-order valence-corrected chi connectivity index (χ1v) is 5.83. The van der Waals surface area contributed by atoms with E-state index in [0.29, 0.717) is 13.0 Å². The zero-order chi connectivity index (χ0) is 12.7. The Bertz CT molecular complexity index is 348. The molecular formula is C13H19NO3. The van der Waals surface area contributed by atoms with E-state index in [9.17, 15) is 4.79 Å². The number of carboxylic acids is 1. The molecule has 4 nitrogen and oxygen atoms in total. The van der Waals surface area contributed by atoms with Crippen LogP contribution in [0.15, 0.2) is 24.3 Å². The molecule has 1 rings (SSSR count). The molecule has 17 heavy (non-hydrogen) atoms. The molecule has 0 saturated carbocycles. The highest BCUT2D eigenvalue weighted by Crippen LogP contribution is 2.13. The molecule has 0 unspecified atom stereocenters. The molecule has 0 bridgehead atoms. The van der Waals surface area contributed by atoms with Gasteiger partial charge in [-0.25, -0.2) is 0 Å². The molecule has 0 amide bonds. The van der Waals surface area contributed by atoms with Gasteiger partial charge in [0.25, 0.3) is 0 Å². The largest absolute Gasteiger partial charge is 0.494 e. The normalized spacial score (nSPS) is 12.1. The van der Waals surface area contributed by atoms with Gasteiger partial charge in [0.05, 0.1) is 6.61 Å². The third-order valence-corrected chi connectivity index (χ3v) is 2.46. The lowest BCUT2D eigenvalue weighted by Gasteiger charge is -2.08. The van der Waals surface area contributed by atoms with Gasteiger partial charge in [-0.15, -0.1) is 0 Å². The van der Waals surface area contributed by atoms with Gasteiger partial charge in [0.15, 0.2) is 0 Å². The third-order valence-electron chi connectivity index (χ3n) is 2.46. The second-order valence-electron chi connectivity index (χ2n) is 3.99. The van der Waals surface area contributed by atoms with Gasteiger partial charge < -0.3 is 15.6 Å². The summed E-state index contributed by atoms with van der Waals surface area (Å²) in [5, 5.41) is 8.69. The van der Waals surface area contributed by atoms with Gasteiger partial charge in [0, 0.05) is 0 Å². The van der Waals surface area contributed by atoms with Gasteiger partial charge in [-0.05, 0) is 30.5 Å². The van der Waals surface area contributed by atoms with Crippen molar-refractivity contribution in [2.24, 2.45) is 5.73 Å².